The van der Waals surface area contributed by atoms with Crippen molar-refractivity contribution in [3.8, 4) is 5.75 Å². The van der Waals surface area contributed by atoms with Gasteiger partial charge < -0.3 is 14.4 Å². The fourth-order valence-corrected chi connectivity index (χ4v) is 4.34. The molecule has 1 aliphatic heterocycles. The Balaban J connectivity index is 1.90. The number of anilines is 1. The Morgan fingerprint density at radius 1 is 1.22 bits per heavy atom. The number of methoxy groups -OCH3 is 2. The molecule has 1 aromatic carbocycles. The van der Waals surface area contributed by atoms with Crippen molar-refractivity contribution in [2.45, 2.75) is 37.5 Å². The molecule has 0 spiro atoms. The lowest BCUT2D eigenvalue weighted by Crippen LogP contribution is -2.49. The molecule has 6 heteroatoms. The van der Waals surface area contributed by atoms with Crippen LogP contribution < -0.4 is 9.64 Å². The fraction of sp³-hybridized carbons (Fsp3) is 0.647. The number of ether oxygens (including phenoxy) is 2. The third kappa shape index (κ3) is 2.57. The number of rotatable bonds is 5. The summed E-state index contributed by atoms with van der Waals surface area (Å²) >= 11 is 0. The second kappa shape index (κ2) is 5.58. The molecule has 4 atom stereocenters. The van der Waals surface area contributed by atoms with Crippen LogP contribution in [-0.2, 0) is 4.74 Å². The van der Waals surface area contributed by atoms with Gasteiger partial charge in [0.15, 0.2) is 0 Å². The molecule has 0 N–H and O–H groups in total. The first-order chi connectivity index (χ1) is 10.8. The minimum absolute atomic E-state index is 0.0753. The summed E-state index contributed by atoms with van der Waals surface area (Å²) in [7, 11) is 3.17. The maximum Gasteiger partial charge on any atom is 0.408 e. The number of piperidine rings is 1. The third-order valence-electron chi connectivity index (χ3n) is 5.55. The van der Waals surface area contributed by atoms with E-state index in [0.29, 0.717) is 18.0 Å². The smallest absolute Gasteiger partial charge is 0.408 e. The van der Waals surface area contributed by atoms with Crippen molar-refractivity contribution in [2.24, 2.45) is 11.8 Å². The average Bonchev–Trinajstić information content (AvgIpc) is 2.92. The summed E-state index contributed by atoms with van der Waals surface area (Å²) in [5, 5.41) is 0. The highest BCUT2D eigenvalue weighted by atomic mass is 19.4. The van der Waals surface area contributed by atoms with Crippen LogP contribution in [0.3, 0.4) is 0 Å². The number of nitrogens with zero attached hydrogens (tertiary/aromatic N) is 1. The van der Waals surface area contributed by atoms with Crippen molar-refractivity contribution in [2.75, 3.05) is 25.7 Å². The van der Waals surface area contributed by atoms with Crippen LogP contribution in [0.25, 0.3) is 0 Å². The molecule has 3 rings (SSSR count). The Kier molecular flexibility index (Phi) is 3.99. The Morgan fingerprint density at radius 3 is 2.39 bits per heavy atom. The second-order valence-corrected chi connectivity index (χ2v) is 6.58. The van der Waals surface area contributed by atoms with E-state index in [1.165, 1.54) is 0 Å². The number of hydrogen-bond acceptors (Lipinski definition) is 3. The van der Waals surface area contributed by atoms with Crippen LogP contribution in [0.15, 0.2) is 24.3 Å². The lowest BCUT2D eigenvalue weighted by molar-refractivity contribution is -0.149. The van der Waals surface area contributed by atoms with Crippen LogP contribution in [0.2, 0.25) is 0 Å². The molecule has 0 aromatic heterocycles. The van der Waals surface area contributed by atoms with Gasteiger partial charge in [0, 0.05) is 24.9 Å². The van der Waals surface area contributed by atoms with Crippen molar-refractivity contribution in [1.82, 2.24) is 0 Å². The van der Waals surface area contributed by atoms with Gasteiger partial charge in [-0.15, -0.1) is 0 Å². The number of hydrogen-bond donors (Lipinski definition) is 0. The van der Waals surface area contributed by atoms with Crippen molar-refractivity contribution in [3.05, 3.63) is 24.3 Å². The van der Waals surface area contributed by atoms with Gasteiger partial charge >= 0.3 is 6.18 Å². The van der Waals surface area contributed by atoms with Crippen LogP contribution in [0, 0.1) is 11.8 Å². The van der Waals surface area contributed by atoms with Crippen LogP contribution in [0.4, 0.5) is 18.9 Å². The molecule has 1 heterocycles. The van der Waals surface area contributed by atoms with Gasteiger partial charge in [0.25, 0.3) is 0 Å². The van der Waals surface area contributed by atoms with Gasteiger partial charge in [0.2, 0.25) is 0 Å². The van der Waals surface area contributed by atoms with Gasteiger partial charge in [0.05, 0.1) is 7.11 Å². The highest BCUT2D eigenvalue weighted by Gasteiger charge is 2.73. The van der Waals surface area contributed by atoms with E-state index in [4.69, 9.17) is 9.47 Å². The number of fused-ring (bicyclic) bond motifs is 1. The summed E-state index contributed by atoms with van der Waals surface area (Å²) in [6.45, 7) is 2.54. The number of halogens is 3. The largest absolute Gasteiger partial charge is 0.497 e. The molecule has 23 heavy (non-hydrogen) atoms. The predicted octanol–water partition coefficient (Wildman–Crippen LogP) is 3.88. The van der Waals surface area contributed by atoms with E-state index in [0.717, 1.165) is 6.42 Å². The molecule has 0 amide bonds. The van der Waals surface area contributed by atoms with Crippen molar-refractivity contribution in [1.29, 1.82) is 0 Å². The van der Waals surface area contributed by atoms with E-state index in [1.54, 1.807) is 43.4 Å². The number of benzene rings is 1. The summed E-state index contributed by atoms with van der Waals surface area (Å²) in [6, 6.07) is 5.45. The minimum atomic E-state index is -4.22. The number of alkyl halides is 3. The maximum atomic E-state index is 13.5. The second-order valence-electron chi connectivity index (χ2n) is 6.58. The predicted molar refractivity (Wildman–Crippen MR) is 81.8 cm³/mol. The Morgan fingerprint density at radius 2 is 1.87 bits per heavy atom. The maximum absolute atomic E-state index is 13.5. The molecule has 1 saturated carbocycles. The molecule has 3 nitrogen and oxygen atoms in total. The molecule has 2 unspecified atom stereocenters. The monoisotopic (exact) mass is 329 g/mol. The van der Waals surface area contributed by atoms with Crippen molar-refractivity contribution in [3.63, 3.8) is 0 Å². The van der Waals surface area contributed by atoms with E-state index in [1.807, 2.05) is 6.92 Å². The van der Waals surface area contributed by atoms with Gasteiger partial charge in [-0.2, -0.15) is 13.2 Å². The molecule has 0 bridgehead atoms. The highest BCUT2D eigenvalue weighted by Crippen LogP contribution is 2.66. The first kappa shape index (κ1) is 16.4. The van der Waals surface area contributed by atoms with Crippen LogP contribution in [0.1, 0.15) is 19.8 Å². The summed E-state index contributed by atoms with van der Waals surface area (Å²) in [4.78, 5) is 1.58. The summed E-state index contributed by atoms with van der Waals surface area (Å²) in [5.74, 6) is 0.972. The van der Waals surface area contributed by atoms with Crippen LogP contribution >= 0.6 is 0 Å². The average molecular weight is 329 g/mol. The standard InChI is InChI=1S/C17H22F3NO2/c1-16-13(8-9-22-2)14(16)10-15(17(18,19)20)21(16)11-4-6-12(23-3)7-5-11/h4-7,13-15H,8-10H2,1-3H3/t13?,14-,15?,16+/m0/s1. The third-order valence-corrected chi connectivity index (χ3v) is 5.55. The molecular formula is C17H22F3NO2. The van der Waals surface area contributed by atoms with E-state index >= 15 is 0 Å². The first-order valence-corrected chi connectivity index (χ1v) is 7.83. The summed E-state index contributed by atoms with van der Waals surface area (Å²) in [6.07, 6.45) is -3.25. The first-order valence-electron chi connectivity index (χ1n) is 7.83. The zero-order valence-electron chi connectivity index (χ0n) is 13.6. The fourth-order valence-electron chi connectivity index (χ4n) is 4.34. The van der Waals surface area contributed by atoms with E-state index < -0.39 is 17.8 Å². The molecule has 1 aliphatic carbocycles. The van der Waals surface area contributed by atoms with Gasteiger partial charge in [-0.25, -0.2) is 0 Å². The van der Waals surface area contributed by atoms with Gasteiger partial charge in [-0.05, 0) is 55.9 Å². The van der Waals surface area contributed by atoms with E-state index in [2.05, 4.69) is 0 Å². The Bertz CT molecular complexity index is 560. The zero-order chi connectivity index (χ0) is 16.8. The zero-order valence-corrected chi connectivity index (χ0v) is 13.6. The summed E-state index contributed by atoms with van der Waals surface area (Å²) < 4.78 is 50.7. The van der Waals surface area contributed by atoms with Gasteiger partial charge in [0.1, 0.15) is 11.8 Å². The topological polar surface area (TPSA) is 21.7 Å². The van der Waals surface area contributed by atoms with Gasteiger partial charge in [-0.1, -0.05) is 0 Å². The normalized spacial score (nSPS) is 32.8. The SMILES string of the molecule is COCCC1[C@@H]2CC(C(F)(F)F)N(c3ccc(OC)cc3)[C@]12C. The van der Waals surface area contributed by atoms with Crippen molar-refractivity contribution < 1.29 is 22.6 Å². The minimum Gasteiger partial charge on any atom is -0.497 e. The molecular weight excluding hydrogens is 307 g/mol. The van der Waals surface area contributed by atoms with E-state index in [9.17, 15) is 13.2 Å². The van der Waals surface area contributed by atoms with Gasteiger partial charge in [-0.3, -0.25) is 0 Å². The molecule has 1 aromatic rings. The molecule has 2 fully saturated rings. The van der Waals surface area contributed by atoms with Crippen molar-refractivity contribution >= 4 is 5.69 Å². The lowest BCUT2D eigenvalue weighted by Gasteiger charge is -2.37. The molecule has 2 aliphatic rings. The molecule has 1 saturated heterocycles. The quantitative estimate of drug-likeness (QED) is 0.818. The van der Waals surface area contributed by atoms with Crippen LogP contribution in [0.5, 0.6) is 5.75 Å². The van der Waals surface area contributed by atoms with Crippen LogP contribution in [-0.4, -0.2) is 38.6 Å². The molecule has 0 radical (unpaired) electrons. The lowest BCUT2D eigenvalue weighted by atomic mass is 10.0. The van der Waals surface area contributed by atoms with E-state index in [-0.39, 0.29) is 18.3 Å². The Hall–Kier alpha value is -1.43. The summed E-state index contributed by atoms with van der Waals surface area (Å²) in [5.41, 5.74) is 0.172. The molecule has 128 valence electrons. The highest BCUT2D eigenvalue weighted by molar-refractivity contribution is 5.58. The Labute approximate surface area is 134 Å².